The summed E-state index contributed by atoms with van der Waals surface area (Å²) in [5, 5.41) is 7.58. The van der Waals surface area contributed by atoms with Crippen LogP contribution in [0.4, 0.5) is 20.2 Å². The van der Waals surface area contributed by atoms with Crippen molar-refractivity contribution in [3.05, 3.63) is 59.8 Å². The zero-order valence-electron chi connectivity index (χ0n) is 17.7. The Labute approximate surface area is 187 Å². The van der Waals surface area contributed by atoms with Crippen molar-refractivity contribution in [3.63, 3.8) is 0 Å². The van der Waals surface area contributed by atoms with Crippen LogP contribution in [0.1, 0.15) is 44.1 Å². The lowest BCUT2D eigenvalue weighted by atomic mass is 9.89. The molecule has 0 saturated carbocycles. The summed E-state index contributed by atoms with van der Waals surface area (Å²) in [4.78, 5) is 5.97. The van der Waals surface area contributed by atoms with Crippen molar-refractivity contribution >= 4 is 39.6 Å². The Hall–Kier alpha value is -2.51. The van der Waals surface area contributed by atoms with Gasteiger partial charge in [-0.25, -0.2) is 8.78 Å². The molecule has 0 aliphatic carbocycles. The molecule has 0 spiro atoms. The first-order chi connectivity index (χ1) is 15.0. The second-order valence-corrected chi connectivity index (χ2v) is 8.59. The van der Waals surface area contributed by atoms with Gasteiger partial charge in [-0.05, 0) is 92.9 Å². The zero-order valence-corrected chi connectivity index (χ0v) is 18.5. The molecule has 4 nitrogen and oxygen atoms in total. The normalized spacial score (nSPS) is 15.3. The van der Waals surface area contributed by atoms with E-state index in [2.05, 4.69) is 39.7 Å². The number of hydrogen-bond donors (Lipinski definition) is 3. The highest BCUT2D eigenvalue weighted by Gasteiger charge is 2.22. The van der Waals surface area contributed by atoms with Gasteiger partial charge in [-0.15, -0.1) is 0 Å². The second-order valence-electron chi connectivity index (χ2n) is 8.18. The number of unbranched alkanes of at least 4 members (excludes halogenated alkanes) is 1. The van der Waals surface area contributed by atoms with E-state index in [0.717, 1.165) is 36.4 Å². The predicted molar refractivity (Wildman–Crippen MR) is 128 cm³/mol. The molecule has 3 aromatic rings. The molecule has 3 N–H and O–H groups in total. The highest BCUT2D eigenvalue weighted by Crippen LogP contribution is 2.34. The van der Waals surface area contributed by atoms with Gasteiger partial charge in [0, 0.05) is 34.5 Å². The van der Waals surface area contributed by atoms with E-state index in [0.29, 0.717) is 16.7 Å². The van der Waals surface area contributed by atoms with E-state index in [1.165, 1.54) is 49.2 Å². The lowest BCUT2D eigenvalue weighted by Gasteiger charge is -2.31. The molecule has 7 heteroatoms. The summed E-state index contributed by atoms with van der Waals surface area (Å²) in [7, 11) is 0. The molecule has 1 aliphatic heterocycles. The number of nitrogens with one attached hydrogen (secondary N) is 3. The molecule has 2 aromatic carbocycles. The zero-order chi connectivity index (χ0) is 21.8. The number of thiocarbonyl (C=S) groups is 1. The number of piperidine rings is 1. The maximum atomic E-state index is 13.4. The Morgan fingerprint density at radius 1 is 1.06 bits per heavy atom. The van der Waals surface area contributed by atoms with E-state index < -0.39 is 11.6 Å². The van der Waals surface area contributed by atoms with Crippen LogP contribution in [0.2, 0.25) is 0 Å². The maximum absolute atomic E-state index is 13.4. The van der Waals surface area contributed by atoms with Gasteiger partial charge in [0.15, 0.2) is 16.7 Å². The van der Waals surface area contributed by atoms with Gasteiger partial charge in [0.1, 0.15) is 0 Å². The van der Waals surface area contributed by atoms with Gasteiger partial charge in [-0.2, -0.15) is 0 Å². The van der Waals surface area contributed by atoms with Gasteiger partial charge < -0.3 is 20.5 Å². The van der Waals surface area contributed by atoms with E-state index in [1.54, 1.807) is 0 Å². The molecule has 0 radical (unpaired) electrons. The number of aromatic nitrogens is 1. The molecular weight excluding hydrogens is 414 g/mol. The SMILES string of the molecule is CCCCN1CCC(c2c[nH]c3ccc(NC(=S)Nc4ccc(F)c(F)c4)cc23)CC1. The Kier molecular flexibility index (Phi) is 6.83. The Morgan fingerprint density at radius 2 is 1.77 bits per heavy atom. The summed E-state index contributed by atoms with van der Waals surface area (Å²) in [6, 6.07) is 9.71. The fourth-order valence-corrected chi connectivity index (χ4v) is 4.51. The Balaban J connectivity index is 1.43. The number of nitrogens with zero attached hydrogens (tertiary/aromatic N) is 1. The van der Waals surface area contributed by atoms with E-state index in [9.17, 15) is 8.78 Å². The number of hydrogen-bond acceptors (Lipinski definition) is 2. The highest BCUT2D eigenvalue weighted by molar-refractivity contribution is 7.80. The van der Waals surface area contributed by atoms with Crippen LogP contribution < -0.4 is 10.6 Å². The summed E-state index contributed by atoms with van der Waals surface area (Å²) >= 11 is 5.35. The van der Waals surface area contributed by atoms with Crippen LogP contribution in [-0.4, -0.2) is 34.6 Å². The first-order valence-electron chi connectivity index (χ1n) is 10.9. The van der Waals surface area contributed by atoms with Crippen LogP contribution in [0.15, 0.2) is 42.6 Å². The van der Waals surface area contributed by atoms with Crippen molar-refractivity contribution in [2.75, 3.05) is 30.3 Å². The number of benzene rings is 2. The molecule has 2 heterocycles. The van der Waals surface area contributed by atoms with Crippen LogP contribution >= 0.6 is 12.2 Å². The number of fused-ring (bicyclic) bond motifs is 1. The molecular formula is C24H28F2N4S. The molecule has 0 atom stereocenters. The fraction of sp³-hybridized carbons (Fsp3) is 0.375. The van der Waals surface area contributed by atoms with E-state index in [-0.39, 0.29) is 0 Å². The summed E-state index contributed by atoms with van der Waals surface area (Å²) in [5.74, 6) is -1.24. The third-order valence-electron chi connectivity index (χ3n) is 6.00. The lowest BCUT2D eigenvalue weighted by Crippen LogP contribution is -2.33. The largest absolute Gasteiger partial charge is 0.361 e. The molecule has 1 aliphatic rings. The number of likely N-dealkylation sites (tertiary alicyclic amines) is 1. The third-order valence-corrected chi connectivity index (χ3v) is 6.21. The second kappa shape index (κ2) is 9.75. The van der Waals surface area contributed by atoms with Crippen LogP contribution in [0, 0.1) is 11.6 Å². The van der Waals surface area contributed by atoms with Crippen LogP contribution in [0.5, 0.6) is 0 Å². The highest BCUT2D eigenvalue weighted by atomic mass is 32.1. The van der Waals surface area contributed by atoms with Gasteiger partial charge in [0.05, 0.1) is 0 Å². The quantitative estimate of drug-likeness (QED) is 0.396. The number of aromatic amines is 1. The van der Waals surface area contributed by atoms with Crippen molar-refractivity contribution in [1.82, 2.24) is 9.88 Å². The number of rotatable bonds is 6. The third kappa shape index (κ3) is 5.22. The van der Waals surface area contributed by atoms with Gasteiger partial charge in [0.2, 0.25) is 0 Å². The fourth-order valence-electron chi connectivity index (χ4n) is 4.27. The topological polar surface area (TPSA) is 43.1 Å². The summed E-state index contributed by atoms with van der Waals surface area (Å²) in [6.45, 7) is 5.74. The minimum atomic E-state index is -0.910. The van der Waals surface area contributed by atoms with E-state index in [1.807, 2.05) is 12.1 Å². The maximum Gasteiger partial charge on any atom is 0.175 e. The first-order valence-corrected chi connectivity index (χ1v) is 11.3. The minimum absolute atomic E-state index is 0.326. The molecule has 4 rings (SSSR count). The van der Waals surface area contributed by atoms with Crippen LogP contribution in [0.25, 0.3) is 10.9 Å². The number of H-pyrrole nitrogens is 1. The van der Waals surface area contributed by atoms with Crippen LogP contribution in [-0.2, 0) is 0 Å². The summed E-state index contributed by atoms with van der Waals surface area (Å²) in [5.41, 5.74) is 3.71. The van der Waals surface area contributed by atoms with Crippen molar-refractivity contribution < 1.29 is 8.78 Å². The molecule has 1 aromatic heterocycles. The minimum Gasteiger partial charge on any atom is -0.361 e. The molecule has 0 bridgehead atoms. The average molecular weight is 443 g/mol. The van der Waals surface area contributed by atoms with Crippen LogP contribution in [0.3, 0.4) is 0 Å². The van der Waals surface area contributed by atoms with Crippen molar-refractivity contribution in [2.45, 2.75) is 38.5 Å². The van der Waals surface area contributed by atoms with Gasteiger partial charge in [-0.1, -0.05) is 13.3 Å². The van der Waals surface area contributed by atoms with Gasteiger partial charge in [0.25, 0.3) is 0 Å². The van der Waals surface area contributed by atoms with Gasteiger partial charge in [-0.3, -0.25) is 0 Å². The van der Waals surface area contributed by atoms with Gasteiger partial charge >= 0.3 is 0 Å². The Morgan fingerprint density at radius 3 is 2.48 bits per heavy atom. The number of halogens is 2. The molecule has 1 fully saturated rings. The summed E-state index contributed by atoms with van der Waals surface area (Å²) < 4.78 is 26.5. The van der Waals surface area contributed by atoms with Crippen molar-refractivity contribution in [1.29, 1.82) is 0 Å². The standard InChI is InChI=1S/C24H28F2N4S/c1-2-3-10-30-11-8-16(9-12-30)20-15-27-23-7-5-17(13-19(20)23)28-24(31)29-18-4-6-21(25)22(26)14-18/h4-7,13-16,27H,2-3,8-12H2,1H3,(H2,28,29,31). The van der Waals surface area contributed by atoms with E-state index in [4.69, 9.17) is 12.2 Å². The monoisotopic (exact) mass is 442 g/mol. The number of anilines is 2. The Bertz CT molecular complexity index is 1060. The molecule has 31 heavy (non-hydrogen) atoms. The molecule has 0 unspecified atom stereocenters. The molecule has 164 valence electrons. The smallest absolute Gasteiger partial charge is 0.175 e. The molecule has 1 saturated heterocycles. The van der Waals surface area contributed by atoms with Crippen molar-refractivity contribution in [2.24, 2.45) is 0 Å². The van der Waals surface area contributed by atoms with E-state index >= 15 is 0 Å². The first kappa shape index (κ1) is 21.7. The molecule has 0 amide bonds. The lowest BCUT2D eigenvalue weighted by molar-refractivity contribution is 0.210. The predicted octanol–water partition coefficient (Wildman–Crippen LogP) is 6.23. The summed E-state index contributed by atoms with van der Waals surface area (Å²) in [6.07, 6.45) is 6.99. The van der Waals surface area contributed by atoms with Crippen molar-refractivity contribution in [3.8, 4) is 0 Å². The average Bonchev–Trinajstić information content (AvgIpc) is 3.18.